The molecule has 1 spiro atoms. The van der Waals surface area contributed by atoms with Crippen molar-refractivity contribution >= 4 is 11.8 Å². The second kappa shape index (κ2) is 5.51. The van der Waals surface area contributed by atoms with Crippen molar-refractivity contribution in [2.24, 2.45) is 0 Å². The molecule has 4 nitrogen and oxygen atoms in total. The highest BCUT2D eigenvalue weighted by atomic mass is 16.2. The van der Waals surface area contributed by atoms with E-state index in [0.717, 1.165) is 31.2 Å². The Morgan fingerprint density at radius 1 is 1.14 bits per heavy atom. The van der Waals surface area contributed by atoms with Gasteiger partial charge in [-0.15, -0.1) is 0 Å². The van der Waals surface area contributed by atoms with E-state index in [9.17, 15) is 9.59 Å². The van der Waals surface area contributed by atoms with Gasteiger partial charge in [-0.25, -0.2) is 0 Å². The first-order valence-corrected chi connectivity index (χ1v) is 7.75. The highest BCUT2D eigenvalue weighted by Gasteiger charge is 2.46. The lowest BCUT2D eigenvalue weighted by Gasteiger charge is -2.31. The Balaban J connectivity index is 1.81. The molecule has 1 aliphatic heterocycles. The molecule has 2 aliphatic rings. The molecule has 1 aliphatic carbocycles. The van der Waals surface area contributed by atoms with Crippen LogP contribution in [0.2, 0.25) is 0 Å². The molecule has 0 aromatic heterocycles. The van der Waals surface area contributed by atoms with E-state index < -0.39 is 5.54 Å². The number of nitrogens with one attached hydrogen (secondary N) is 1. The molecule has 0 bridgehead atoms. The van der Waals surface area contributed by atoms with Gasteiger partial charge >= 0.3 is 0 Å². The number of hydrogen-bond acceptors (Lipinski definition) is 2. The predicted octanol–water partition coefficient (Wildman–Crippen LogP) is 2.16. The summed E-state index contributed by atoms with van der Waals surface area (Å²) in [6.45, 7) is 3.16. The van der Waals surface area contributed by atoms with E-state index in [2.05, 4.69) is 36.5 Å². The Morgan fingerprint density at radius 3 is 2.48 bits per heavy atom. The van der Waals surface area contributed by atoms with Gasteiger partial charge in [0.25, 0.3) is 0 Å². The Hall–Kier alpha value is -1.84. The molecule has 112 valence electrons. The standard InChI is InChI=1S/C17H22N2O2/c1-13-4-6-14(7-5-13)12-19-11-8-15(20)18-17(16(19)21)9-2-3-10-17/h4-7H,2-3,8-12H2,1H3,(H,18,20). The zero-order chi connectivity index (χ0) is 14.9. The maximum atomic E-state index is 12.9. The second-order valence-electron chi connectivity index (χ2n) is 6.30. The maximum absolute atomic E-state index is 12.9. The number of benzene rings is 1. The normalized spacial score (nSPS) is 21.5. The lowest BCUT2D eigenvalue weighted by molar-refractivity contribution is -0.139. The number of carbonyl (C=O) groups is 2. The molecule has 1 saturated heterocycles. The number of rotatable bonds is 2. The van der Waals surface area contributed by atoms with Crippen molar-refractivity contribution in [3.63, 3.8) is 0 Å². The van der Waals surface area contributed by atoms with Crippen LogP contribution in [0.4, 0.5) is 0 Å². The molecule has 1 saturated carbocycles. The molecule has 1 N–H and O–H groups in total. The summed E-state index contributed by atoms with van der Waals surface area (Å²) in [5.74, 6) is 0.114. The zero-order valence-corrected chi connectivity index (χ0v) is 12.5. The molecule has 1 heterocycles. The average Bonchev–Trinajstić information content (AvgIpc) is 2.90. The van der Waals surface area contributed by atoms with Crippen molar-refractivity contribution in [3.05, 3.63) is 35.4 Å². The Morgan fingerprint density at radius 2 is 1.81 bits per heavy atom. The van der Waals surface area contributed by atoms with Crippen molar-refractivity contribution in [1.29, 1.82) is 0 Å². The van der Waals surface area contributed by atoms with E-state index in [1.54, 1.807) is 0 Å². The Kier molecular flexibility index (Phi) is 3.70. The summed E-state index contributed by atoms with van der Waals surface area (Å²) in [7, 11) is 0. The molecular weight excluding hydrogens is 264 g/mol. The lowest BCUT2D eigenvalue weighted by atomic mass is 9.95. The average molecular weight is 286 g/mol. The topological polar surface area (TPSA) is 49.4 Å². The van der Waals surface area contributed by atoms with Crippen molar-refractivity contribution in [2.45, 2.75) is 51.1 Å². The number of hydrogen-bond donors (Lipinski definition) is 1. The maximum Gasteiger partial charge on any atom is 0.248 e. The number of amides is 2. The van der Waals surface area contributed by atoms with Crippen LogP contribution in [0.15, 0.2) is 24.3 Å². The molecule has 1 aromatic carbocycles. The van der Waals surface area contributed by atoms with Crippen LogP contribution in [-0.2, 0) is 16.1 Å². The first kappa shape index (κ1) is 14.1. The quantitative estimate of drug-likeness (QED) is 0.905. The van der Waals surface area contributed by atoms with Crippen LogP contribution >= 0.6 is 0 Å². The van der Waals surface area contributed by atoms with Crippen LogP contribution in [0.25, 0.3) is 0 Å². The van der Waals surface area contributed by atoms with E-state index in [0.29, 0.717) is 19.5 Å². The van der Waals surface area contributed by atoms with Crippen LogP contribution in [0.3, 0.4) is 0 Å². The molecule has 0 unspecified atom stereocenters. The number of carbonyl (C=O) groups excluding carboxylic acids is 2. The van der Waals surface area contributed by atoms with Gasteiger partial charge in [-0.3, -0.25) is 9.59 Å². The fraction of sp³-hybridized carbons (Fsp3) is 0.529. The summed E-state index contributed by atoms with van der Waals surface area (Å²) in [5.41, 5.74) is 1.71. The zero-order valence-electron chi connectivity index (χ0n) is 12.5. The van der Waals surface area contributed by atoms with E-state index >= 15 is 0 Å². The first-order chi connectivity index (χ1) is 10.1. The van der Waals surface area contributed by atoms with Gasteiger partial charge in [0.2, 0.25) is 11.8 Å². The second-order valence-corrected chi connectivity index (χ2v) is 6.30. The van der Waals surface area contributed by atoms with Crippen LogP contribution in [-0.4, -0.2) is 28.8 Å². The summed E-state index contributed by atoms with van der Waals surface area (Å²) in [6.07, 6.45) is 4.00. The van der Waals surface area contributed by atoms with E-state index in [-0.39, 0.29) is 11.8 Å². The highest BCUT2D eigenvalue weighted by Crippen LogP contribution is 2.33. The lowest BCUT2D eigenvalue weighted by Crippen LogP contribution is -2.55. The van der Waals surface area contributed by atoms with Gasteiger partial charge in [0.15, 0.2) is 0 Å². The largest absolute Gasteiger partial charge is 0.342 e. The van der Waals surface area contributed by atoms with Gasteiger partial charge < -0.3 is 10.2 Å². The summed E-state index contributed by atoms with van der Waals surface area (Å²) in [6, 6.07) is 8.24. The molecule has 3 rings (SSSR count). The molecule has 0 atom stereocenters. The number of nitrogens with zero attached hydrogens (tertiary/aromatic N) is 1. The molecule has 2 fully saturated rings. The van der Waals surface area contributed by atoms with Gasteiger partial charge in [-0.05, 0) is 25.3 Å². The van der Waals surface area contributed by atoms with Gasteiger partial charge in [-0.1, -0.05) is 42.7 Å². The molecule has 2 amide bonds. The minimum Gasteiger partial charge on any atom is -0.342 e. The smallest absolute Gasteiger partial charge is 0.248 e. The first-order valence-electron chi connectivity index (χ1n) is 7.75. The molecule has 0 radical (unpaired) electrons. The monoisotopic (exact) mass is 286 g/mol. The van der Waals surface area contributed by atoms with Gasteiger partial charge in [0.05, 0.1) is 0 Å². The summed E-state index contributed by atoms with van der Waals surface area (Å²) < 4.78 is 0. The van der Waals surface area contributed by atoms with E-state index in [4.69, 9.17) is 0 Å². The highest BCUT2D eigenvalue weighted by molar-refractivity contribution is 5.93. The molecule has 1 aromatic rings. The van der Waals surface area contributed by atoms with Crippen molar-refractivity contribution in [2.75, 3.05) is 6.54 Å². The third kappa shape index (κ3) is 2.80. The third-order valence-electron chi connectivity index (χ3n) is 4.64. The fourth-order valence-corrected chi connectivity index (χ4v) is 3.41. The Labute approximate surface area is 125 Å². The van der Waals surface area contributed by atoms with E-state index in [1.807, 2.05) is 4.90 Å². The van der Waals surface area contributed by atoms with Crippen LogP contribution < -0.4 is 5.32 Å². The molecular formula is C17H22N2O2. The summed E-state index contributed by atoms with van der Waals surface area (Å²) in [4.78, 5) is 26.7. The predicted molar refractivity (Wildman–Crippen MR) is 80.6 cm³/mol. The van der Waals surface area contributed by atoms with E-state index in [1.165, 1.54) is 5.56 Å². The fourth-order valence-electron chi connectivity index (χ4n) is 3.41. The minimum absolute atomic E-state index is 0.0108. The van der Waals surface area contributed by atoms with Crippen LogP contribution in [0.1, 0.15) is 43.2 Å². The summed E-state index contributed by atoms with van der Waals surface area (Å²) in [5, 5.41) is 3.00. The van der Waals surface area contributed by atoms with Gasteiger partial charge in [-0.2, -0.15) is 0 Å². The van der Waals surface area contributed by atoms with Crippen molar-refractivity contribution in [1.82, 2.24) is 10.2 Å². The Bertz CT molecular complexity index is 544. The minimum atomic E-state index is -0.627. The van der Waals surface area contributed by atoms with Crippen molar-refractivity contribution in [3.8, 4) is 0 Å². The molecule has 4 heteroatoms. The SMILES string of the molecule is Cc1ccc(CN2CCC(=O)NC3(CCCC3)C2=O)cc1. The van der Waals surface area contributed by atoms with Crippen LogP contribution in [0.5, 0.6) is 0 Å². The third-order valence-corrected chi connectivity index (χ3v) is 4.64. The van der Waals surface area contributed by atoms with Gasteiger partial charge in [0, 0.05) is 19.5 Å². The van der Waals surface area contributed by atoms with Crippen LogP contribution in [0, 0.1) is 6.92 Å². The summed E-state index contributed by atoms with van der Waals surface area (Å²) >= 11 is 0. The number of aryl methyl sites for hydroxylation is 1. The van der Waals surface area contributed by atoms with Gasteiger partial charge in [0.1, 0.15) is 5.54 Å². The van der Waals surface area contributed by atoms with Crippen molar-refractivity contribution < 1.29 is 9.59 Å². The molecule has 21 heavy (non-hydrogen) atoms.